The molecule has 1 aromatic heterocycles. The first-order valence-electron chi connectivity index (χ1n) is 11.8. The number of fused-ring (bicyclic) bond motifs is 1. The van der Waals surface area contributed by atoms with E-state index in [1.807, 2.05) is 13.8 Å². The van der Waals surface area contributed by atoms with Crippen LogP contribution in [-0.4, -0.2) is 32.0 Å². The fourth-order valence-electron chi connectivity index (χ4n) is 4.33. The fourth-order valence-corrected chi connectivity index (χ4v) is 5.46. The number of ether oxygens (including phenoxy) is 4. The molecule has 9 nitrogen and oxygen atoms in total. The highest BCUT2D eigenvalue weighted by Crippen LogP contribution is 2.39. The van der Waals surface area contributed by atoms with Crippen molar-refractivity contribution in [3.05, 3.63) is 72.6 Å². The summed E-state index contributed by atoms with van der Waals surface area (Å²) in [6.45, 7) is 4.57. The molecule has 1 atom stereocenters. The summed E-state index contributed by atoms with van der Waals surface area (Å²) in [7, 11) is 3.09. The Morgan fingerprint density at radius 3 is 2.13 bits per heavy atom. The first-order chi connectivity index (χ1) is 18.4. The highest BCUT2D eigenvalue weighted by Gasteiger charge is 2.32. The molecule has 4 rings (SSSR count). The maximum absolute atomic E-state index is 13.5. The monoisotopic (exact) mass is 530 g/mol. The standard InChI is InChI=1S/C28H26N4O5S/c1-5-36-22-11-16(7-9-20(22)34-3)12-24-27(33)32-26(31)18(14-29)25(19(15-30)28(32)38-24)17-8-10-21(35-4)23(13-17)37-6-2/h7-13,25H,5-6,31H2,1-4H3/t25-/m0/s1. The topological polar surface area (TPSA) is 133 Å². The van der Waals surface area contributed by atoms with Crippen LogP contribution in [0.2, 0.25) is 0 Å². The van der Waals surface area contributed by atoms with E-state index in [0.29, 0.717) is 56.5 Å². The third-order valence-corrected chi connectivity index (χ3v) is 7.10. The molecule has 2 N–H and O–H groups in total. The molecule has 38 heavy (non-hydrogen) atoms. The van der Waals surface area contributed by atoms with Crippen molar-refractivity contribution in [3.8, 4) is 35.1 Å². The normalized spacial score (nSPS) is 14.9. The number of hydrogen-bond donors (Lipinski definition) is 1. The Hall–Kier alpha value is -4.67. The number of rotatable bonds is 8. The van der Waals surface area contributed by atoms with E-state index < -0.39 is 11.5 Å². The predicted octanol–water partition coefficient (Wildman–Crippen LogP) is 2.68. The number of nitrogens with zero attached hydrogens (tertiary/aromatic N) is 3. The van der Waals surface area contributed by atoms with Crippen LogP contribution in [0.3, 0.4) is 0 Å². The summed E-state index contributed by atoms with van der Waals surface area (Å²) < 4.78 is 24.0. The minimum absolute atomic E-state index is 0.00841. The maximum Gasteiger partial charge on any atom is 0.274 e. The van der Waals surface area contributed by atoms with E-state index >= 15 is 0 Å². The molecule has 3 aromatic rings. The van der Waals surface area contributed by atoms with Gasteiger partial charge in [-0.1, -0.05) is 12.1 Å². The first-order valence-corrected chi connectivity index (χ1v) is 12.6. The van der Waals surface area contributed by atoms with Crippen LogP contribution in [0.4, 0.5) is 0 Å². The Morgan fingerprint density at radius 1 is 0.947 bits per heavy atom. The molecular formula is C28H26N4O5S. The van der Waals surface area contributed by atoms with E-state index in [-0.39, 0.29) is 17.0 Å². The number of aromatic nitrogens is 1. The van der Waals surface area contributed by atoms with Crippen molar-refractivity contribution < 1.29 is 18.9 Å². The quantitative estimate of drug-likeness (QED) is 0.470. The van der Waals surface area contributed by atoms with Crippen molar-refractivity contribution in [2.45, 2.75) is 19.8 Å². The smallest absolute Gasteiger partial charge is 0.274 e. The Bertz CT molecular complexity index is 1690. The van der Waals surface area contributed by atoms with Gasteiger partial charge >= 0.3 is 0 Å². The Morgan fingerprint density at radius 2 is 1.55 bits per heavy atom. The second-order valence-corrected chi connectivity index (χ2v) is 9.14. The van der Waals surface area contributed by atoms with Gasteiger partial charge in [-0.2, -0.15) is 10.5 Å². The van der Waals surface area contributed by atoms with Crippen molar-refractivity contribution in [3.63, 3.8) is 0 Å². The minimum atomic E-state index is -0.772. The number of benzene rings is 2. The summed E-state index contributed by atoms with van der Waals surface area (Å²) in [4.78, 5) is 13.5. The predicted molar refractivity (Wildman–Crippen MR) is 145 cm³/mol. The van der Waals surface area contributed by atoms with Crippen LogP contribution in [0.5, 0.6) is 23.0 Å². The number of nitriles is 2. The van der Waals surface area contributed by atoms with E-state index in [0.717, 1.165) is 11.3 Å². The summed E-state index contributed by atoms with van der Waals surface area (Å²) in [6.07, 6.45) is 1.70. The van der Waals surface area contributed by atoms with Gasteiger partial charge < -0.3 is 24.7 Å². The Kier molecular flexibility index (Phi) is 7.75. The zero-order valence-corrected chi connectivity index (χ0v) is 22.2. The van der Waals surface area contributed by atoms with Crippen LogP contribution in [0, 0.1) is 22.7 Å². The number of allylic oxidation sites excluding steroid dienone is 1. The van der Waals surface area contributed by atoms with E-state index in [1.54, 1.807) is 49.6 Å². The molecule has 1 aliphatic rings. The Balaban J connectivity index is 1.96. The minimum Gasteiger partial charge on any atom is -0.493 e. The molecule has 0 unspecified atom stereocenters. The molecule has 0 spiro atoms. The third kappa shape index (κ3) is 4.58. The van der Waals surface area contributed by atoms with Gasteiger partial charge in [-0.15, -0.1) is 11.3 Å². The van der Waals surface area contributed by atoms with Gasteiger partial charge in [0.05, 0.1) is 61.2 Å². The number of nitrogens with two attached hydrogens (primary N) is 1. The van der Waals surface area contributed by atoms with Gasteiger partial charge in [0.2, 0.25) is 0 Å². The van der Waals surface area contributed by atoms with Crippen molar-refractivity contribution in [1.82, 2.24) is 4.57 Å². The van der Waals surface area contributed by atoms with E-state index in [1.165, 1.54) is 11.7 Å². The molecule has 2 heterocycles. The molecule has 0 saturated heterocycles. The molecule has 2 aromatic carbocycles. The van der Waals surface area contributed by atoms with E-state index in [9.17, 15) is 15.3 Å². The molecule has 0 saturated carbocycles. The van der Waals surface area contributed by atoms with E-state index in [2.05, 4.69) is 12.1 Å². The van der Waals surface area contributed by atoms with Gasteiger partial charge in [0.1, 0.15) is 10.5 Å². The molecule has 194 valence electrons. The van der Waals surface area contributed by atoms with Crippen molar-refractivity contribution in [2.24, 2.45) is 5.73 Å². The molecule has 10 heteroatoms. The number of methoxy groups -OCH3 is 2. The highest BCUT2D eigenvalue weighted by molar-refractivity contribution is 7.07. The molecule has 0 fully saturated rings. The fraction of sp³-hybridized carbons (Fsp3) is 0.250. The zero-order chi connectivity index (χ0) is 27.4. The molecule has 0 bridgehead atoms. The summed E-state index contributed by atoms with van der Waals surface area (Å²) in [6, 6.07) is 14.9. The lowest BCUT2D eigenvalue weighted by Gasteiger charge is -2.23. The number of hydrogen-bond acceptors (Lipinski definition) is 9. The van der Waals surface area contributed by atoms with Gasteiger partial charge in [-0.05, 0) is 55.3 Å². The third-order valence-electron chi connectivity index (χ3n) is 6.00. The Labute approximate surface area is 223 Å². The average Bonchev–Trinajstić information content (AvgIpc) is 3.24. The van der Waals surface area contributed by atoms with Gasteiger partial charge in [-0.3, -0.25) is 9.36 Å². The zero-order valence-electron chi connectivity index (χ0n) is 21.4. The molecule has 0 aliphatic carbocycles. The van der Waals surface area contributed by atoms with E-state index in [4.69, 9.17) is 24.7 Å². The second kappa shape index (κ2) is 11.2. The van der Waals surface area contributed by atoms with Crippen molar-refractivity contribution in [2.75, 3.05) is 27.4 Å². The lowest BCUT2D eigenvalue weighted by Crippen LogP contribution is -2.38. The molecule has 0 amide bonds. The molecular weight excluding hydrogens is 504 g/mol. The maximum atomic E-state index is 13.5. The summed E-state index contributed by atoms with van der Waals surface area (Å²) in [5.74, 6) is 1.35. The lowest BCUT2D eigenvalue weighted by atomic mass is 9.84. The van der Waals surface area contributed by atoms with Crippen molar-refractivity contribution in [1.29, 1.82) is 10.5 Å². The summed E-state index contributed by atoms with van der Waals surface area (Å²) in [5, 5.41) is 20.3. The second-order valence-electron chi connectivity index (χ2n) is 8.11. The van der Waals surface area contributed by atoms with Crippen LogP contribution in [0.15, 0.2) is 46.8 Å². The van der Waals surface area contributed by atoms with Crippen LogP contribution in [-0.2, 0) is 0 Å². The van der Waals surface area contributed by atoms with Crippen LogP contribution in [0.25, 0.3) is 17.5 Å². The van der Waals surface area contributed by atoms with Gasteiger partial charge in [0.15, 0.2) is 23.0 Å². The lowest BCUT2D eigenvalue weighted by molar-refractivity contribution is 0.310. The van der Waals surface area contributed by atoms with Crippen molar-refractivity contribution >= 4 is 28.8 Å². The molecule has 1 aliphatic heterocycles. The first kappa shape index (κ1) is 26.4. The molecule has 0 radical (unpaired) electrons. The summed E-state index contributed by atoms with van der Waals surface area (Å²) in [5.41, 5.74) is 7.67. The summed E-state index contributed by atoms with van der Waals surface area (Å²) >= 11 is 1.14. The largest absolute Gasteiger partial charge is 0.493 e. The van der Waals surface area contributed by atoms with Crippen LogP contribution >= 0.6 is 11.3 Å². The van der Waals surface area contributed by atoms with Gasteiger partial charge in [-0.25, -0.2) is 0 Å². The van der Waals surface area contributed by atoms with Gasteiger partial charge in [0.25, 0.3) is 5.56 Å². The highest BCUT2D eigenvalue weighted by atomic mass is 32.1. The van der Waals surface area contributed by atoms with Gasteiger partial charge in [0, 0.05) is 0 Å². The SMILES string of the molecule is CCOc1cc(C=c2sc3n(c2=O)C(N)=C(C#N)[C@H](c2ccc(OC)c(OCC)c2)C=3C#N)ccc1OC. The average molecular weight is 531 g/mol. The van der Waals surface area contributed by atoms with Crippen LogP contribution < -0.4 is 39.4 Å². The number of thiazole rings is 1. The van der Waals surface area contributed by atoms with Crippen LogP contribution in [0.1, 0.15) is 30.9 Å².